The van der Waals surface area contributed by atoms with Crippen LogP contribution >= 0.6 is 29.9 Å². The first-order chi connectivity index (χ1) is 8.56. The van der Waals surface area contributed by atoms with Crippen molar-refractivity contribution in [2.24, 2.45) is 0 Å². The van der Waals surface area contributed by atoms with Crippen molar-refractivity contribution in [1.29, 1.82) is 0 Å². The van der Waals surface area contributed by atoms with Crippen molar-refractivity contribution < 1.29 is 14.4 Å². The molecular formula is C9H12N3O3PS2. The minimum absolute atomic E-state index is 0.371. The van der Waals surface area contributed by atoms with E-state index in [1.165, 1.54) is 11.7 Å². The lowest BCUT2D eigenvalue weighted by molar-refractivity contribution is 0.397. The van der Waals surface area contributed by atoms with E-state index < -0.39 is 6.80 Å². The molecule has 9 heteroatoms. The molecule has 1 aromatic heterocycles. The summed E-state index contributed by atoms with van der Waals surface area (Å²) in [6.45, 7) is -2.80. The van der Waals surface area contributed by atoms with Gasteiger partial charge >= 0.3 is 6.80 Å². The van der Waals surface area contributed by atoms with Gasteiger partial charge in [-0.05, 0) is 23.0 Å². The highest BCUT2D eigenvalue weighted by Gasteiger charge is 2.12. The number of hydrogen-bond acceptors (Lipinski definition) is 6. The Hall–Kier alpha value is -0.500. The Labute approximate surface area is 112 Å². The summed E-state index contributed by atoms with van der Waals surface area (Å²) >= 11 is 1.83. The van der Waals surface area contributed by atoms with E-state index in [0.717, 1.165) is 16.6 Å². The molecule has 0 aliphatic carbocycles. The van der Waals surface area contributed by atoms with Crippen molar-refractivity contribution in [2.75, 3.05) is 12.3 Å². The Morgan fingerprint density at radius 1 is 1.39 bits per heavy atom. The summed E-state index contributed by atoms with van der Waals surface area (Å²) in [4.78, 5) is 17.4. The maximum atomic E-state index is 10.6. The molecule has 0 saturated carbocycles. The van der Waals surface area contributed by atoms with Gasteiger partial charge < -0.3 is 15.1 Å². The normalized spacial score (nSPS) is 12.1. The van der Waals surface area contributed by atoms with Gasteiger partial charge in [0.2, 0.25) is 0 Å². The summed E-state index contributed by atoms with van der Waals surface area (Å²) in [5.41, 5.74) is 2.81. The quantitative estimate of drug-likeness (QED) is 0.551. The third-order valence-electron chi connectivity index (χ3n) is 2.22. The Kier molecular flexibility index (Phi) is 4.71. The molecule has 0 aliphatic heterocycles. The van der Waals surface area contributed by atoms with Crippen molar-refractivity contribution >= 4 is 40.9 Å². The third-order valence-corrected chi connectivity index (χ3v) is 5.05. The van der Waals surface area contributed by atoms with E-state index in [0.29, 0.717) is 30.2 Å². The molecule has 0 saturated heterocycles. The second kappa shape index (κ2) is 6.10. The summed E-state index contributed by atoms with van der Waals surface area (Å²) in [5.74, 6) is 0.371. The van der Waals surface area contributed by atoms with Crippen molar-refractivity contribution in [3.05, 3.63) is 23.8 Å². The van der Waals surface area contributed by atoms with Crippen LogP contribution < -0.4 is 5.32 Å². The van der Waals surface area contributed by atoms with Crippen molar-refractivity contribution in [3.63, 3.8) is 0 Å². The van der Waals surface area contributed by atoms with Gasteiger partial charge in [-0.3, -0.25) is 0 Å². The van der Waals surface area contributed by atoms with Crippen LogP contribution in [0.1, 0.15) is 5.56 Å². The molecule has 1 aromatic carbocycles. The van der Waals surface area contributed by atoms with Crippen LogP contribution in [0.4, 0.5) is 0 Å². The minimum Gasteiger partial charge on any atom is -0.317 e. The van der Waals surface area contributed by atoms with E-state index in [1.807, 2.05) is 18.2 Å². The van der Waals surface area contributed by atoms with Crippen LogP contribution in [0.5, 0.6) is 0 Å². The van der Waals surface area contributed by atoms with Crippen LogP contribution in [-0.4, -0.2) is 30.8 Å². The van der Waals surface area contributed by atoms with E-state index in [9.17, 15) is 4.57 Å². The highest BCUT2D eigenvalue weighted by atomic mass is 32.7. The lowest BCUT2D eigenvalue weighted by Crippen LogP contribution is -2.16. The SMILES string of the molecule is O=P(O)(O)SCCNCc1cccc2nsnc12. The molecule has 0 fully saturated rings. The molecular weight excluding hydrogens is 293 g/mol. The van der Waals surface area contributed by atoms with Crippen LogP contribution in [0.2, 0.25) is 0 Å². The Bertz CT molecular complexity index is 571. The second-order valence-corrected chi connectivity index (χ2v) is 7.93. The summed E-state index contributed by atoms with van der Waals surface area (Å²) in [7, 11) is 0. The van der Waals surface area contributed by atoms with Gasteiger partial charge in [-0.15, -0.1) is 0 Å². The van der Waals surface area contributed by atoms with Crippen LogP contribution in [0.15, 0.2) is 18.2 Å². The lowest BCUT2D eigenvalue weighted by Gasteiger charge is -2.05. The molecule has 1 heterocycles. The van der Waals surface area contributed by atoms with E-state index in [4.69, 9.17) is 9.79 Å². The molecule has 0 bridgehead atoms. The summed E-state index contributed by atoms with van der Waals surface area (Å²) in [5, 5.41) is 3.13. The number of aromatic nitrogens is 2. The van der Waals surface area contributed by atoms with Gasteiger partial charge in [-0.2, -0.15) is 8.75 Å². The second-order valence-electron chi connectivity index (χ2n) is 3.55. The van der Waals surface area contributed by atoms with E-state index in [-0.39, 0.29) is 0 Å². The first kappa shape index (κ1) is 13.9. The molecule has 98 valence electrons. The maximum absolute atomic E-state index is 10.6. The fourth-order valence-electron chi connectivity index (χ4n) is 1.46. The van der Waals surface area contributed by atoms with E-state index >= 15 is 0 Å². The summed E-state index contributed by atoms with van der Waals surface area (Å²) in [6.07, 6.45) is 0. The van der Waals surface area contributed by atoms with Crippen LogP contribution in [0.3, 0.4) is 0 Å². The van der Waals surface area contributed by atoms with E-state index in [1.54, 1.807) is 0 Å². The van der Waals surface area contributed by atoms with Crippen molar-refractivity contribution in [2.45, 2.75) is 6.54 Å². The van der Waals surface area contributed by atoms with Gasteiger partial charge in [0.1, 0.15) is 11.0 Å². The zero-order valence-electron chi connectivity index (χ0n) is 9.31. The molecule has 18 heavy (non-hydrogen) atoms. The van der Waals surface area contributed by atoms with Crippen molar-refractivity contribution in [3.8, 4) is 0 Å². The number of nitrogens with one attached hydrogen (secondary N) is 1. The molecule has 0 aliphatic rings. The molecule has 3 N–H and O–H groups in total. The zero-order chi connectivity index (χ0) is 13.0. The number of benzene rings is 1. The van der Waals surface area contributed by atoms with Crippen LogP contribution in [0, 0.1) is 0 Å². The Balaban J connectivity index is 1.84. The largest absolute Gasteiger partial charge is 0.384 e. The average Bonchev–Trinajstić information content (AvgIpc) is 2.75. The summed E-state index contributed by atoms with van der Waals surface area (Å²) in [6, 6.07) is 5.80. The van der Waals surface area contributed by atoms with Crippen LogP contribution in [-0.2, 0) is 11.1 Å². The molecule has 2 aromatic rings. The van der Waals surface area contributed by atoms with Gasteiger partial charge in [0.25, 0.3) is 0 Å². The molecule has 0 radical (unpaired) electrons. The molecule has 6 nitrogen and oxygen atoms in total. The zero-order valence-corrected chi connectivity index (χ0v) is 11.8. The van der Waals surface area contributed by atoms with Crippen LogP contribution in [0.25, 0.3) is 11.0 Å². The molecule has 0 spiro atoms. The van der Waals surface area contributed by atoms with Gasteiger partial charge in [-0.25, -0.2) is 4.57 Å². The van der Waals surface area contributed by atoms with E-state index in [2.05, 4.69) is 14.1 Å². The van der Waals surface area contributed by atoms with Crippen molar-refractivity contribution in [1.82, 2.24) is 14.1 Å². The fourth-order valence-corrected chi connectivity index (χ4v) is 3.49. The lowest BCUT2D eigenvalue weighted by atomic mass is 10.2. The van der Waals surface area contributed by atoms with Gasteiger partial charge in [-0.1, -0.05) is 12.1 Å². The Morgan fingerprint density at radius 2 is 2.22 bits per heavy atom. The maximum Gasteiger partial charge on any atom is 0.384 e. The average molecular weight is 305 g/mol. The number of hydrogen-bond donors (Lipinski definition) is 3. The summed E-state index contributed by atoms with van der Waals surface area (Å²) < 4.78 is 19.0. The van der Waals surface area contributed by atoms with Gasteiger partial charge in [0.05, 0.1) is 11.7 Å². The number of rotatable bonds is 6. The molecule has 0 unspecified atom stereocenters. The standard InChI is InChI=1S/C9H12N3O3PS2/c13-16(14,15)17-5-4-10-6-7-2-1-3-8-9(7)12-18-11-8/h1-3,10H,4-6H2,(H2,13,14,15). The first-order valence-corrected chi connectivity index (χ1v) is 9.10. The van der Waals surface area contributed by atoms with Gasteiger partial charge in [0, 0.05) is 18.8 Å². The molecule has 2 rings (SSSR count). The molecule has 0 amide bonds. The number of fused-ring (bicyclic) bond motifs is 1. The predicted molar refractivity (Wildman–Crippen MR) is 73.6 cm³/mol. The van der Waals surface area contributed by atoms with Gasteiger partial charge in [0.15, 0.2) is 0 Å². The number of nitrogens with zero attached hydrogens (tertiary/aromatic N) is 2. The Morgan fingerprint density at radius 3 is 3.00 bits per heavy atom. The molecule has 0 atom stereocenters. The highest BCUT2D eigenvalue weighted by Crippen LogP contribution is 2.49. The highest BCUT2D eigenvalue weighted by molar-refractivity contribution is 8.54. The third kappa shape index (κ3) is 4.01. The predicted octanol–water partition coefficient (Wildman–Crippen LogP) is 1.61. The minimum atomic E-state index is -3.95. The monoisotopic (exact) mass is 305 g/mol. The fraction of sp³-hybridized carbons (Fsp3) is 0.333. The smallest absolute Gasteiger partial charge is 0.317 e. The first-order valence-electron chi connectivity index (χ1n) is 5.17. The topological polar surface area (TPSA) is 95.3 Å².